The fourth-order valence-corrected chi connectivity index (χ4v) is 1.94. The minimum Gasteiger partial charge on any atom is -0.497 e. The van der Waals surface area contributed by atoms with Crippen LogP contribution in [0.2, 0.25) is 0 Å². The van der Waals surface area contributed by atoms with Crippen LogP contribution in [0, 0.1) is 0 Å². The van der Waals surface area contributed by atoms with Gasteiger partial charge in [0.15, 0.2) is 0 Å². The number of hydrogen-bond donors (Lipinski definition) is 1. The number of ether oxygens (including phenoxy) is 3. The van der Waals surface area contributed by atoms with E-state index in [-0.39, 0.29) is 13.2 Å². The number of carbonyl (C=O) groups excluding carboxylic acids is 2. The number of nitrogens with one attached hydrogen (secondary N) is 1. The van der Waals surface area contributed by atoms with Gasteiger partial charge in [-0.1, -0.05) is 12.1 Å². The van der Waals surface area contributed by atoms with E-state index in [0.717, 1.165) is 0 Å². The lowest BCUT2D eigenvalue weighted by molar-refractivity contribution is -0.144. The van der Waals surface area contributed by atoms with Gasteiger partial charge >= 0.3 is 12.1 Å². The minimum atomic E-state index is -0.627. The minimum absolute atomic E-state index is 0.0842. The molecule has 0 fully saturated rings. The van der Waals surface area contributed by atoms with Gasteiger partial charge in [0.1, 0.15) is 11.4 Å². The highest BCUT2D eigenvalue weighted by molar-refractivity contribution is 5.79. The Kier molecular flexibility index (Phi) is 6.88. The molecule has 0 aliphatic carbocycles. The molecule has 1 rings (SSSR count). The van der Waals surface area contributed by atoms with Crippen LogP contribution in [0.1, 0.15) is 39.2 Å². The van der Waals surface area contributed by atoms with Crippen molar-refractivity contribution < 1.29 is 23.8 Å². The summed E-state index contributed by atoms with van der Waals surface area (Å²) in [6, 6.07) is 7.11. The number of carbonyl (C=O) groups is 2. The van der Waals surface area contributed by atoms with Crippen molar-refractivity contribution in [3.63, 3.8) is 0 Å². The smallest absolute Gasteiger partial charge is 0.407 e. The van der Waals surface area contributed by atoms with E-state index >= 15 is 0 Å². The first-order chi connectivity index (χ1) is 10.8. The van der Waals surface area contributed by atoms with Crippen molar-refractivity contribution >= 4 is 12.1 Å². The molecule has 0 heterocycles. The Balaban J connectivity index is 2.84. The third kappa shape index (κ3) is 6.59. The van der Waals surface area contributed by atoms with Crippen LogP contribution in [0.15, 0.2) is 24.3 Å². The van der Waals surface area contributed by atoms with E-state index in [4.69, 9.17) is 14.2 Å². The number of hydrogen-bond acceptors (Lipinski definition) is 5. The molecule has 1 atom stereocenters. The molecule has 1 N–H and O–H groups in total. The third-order valence-electron chi connectivity index (χ3n) is 2.92. The van der Waals surface area contributed by atoms with Gasteiger partial charge in [-0.15, -0.1) is 0 Å². The number of esters is 1. The molecule has 1 aromatic rings. The second-order valence-corrected chi connectivity index (χ2v) is 5.96. The van der Waals surface area contributed by atoms with Crippen molar-refractivity contribution in [2.45, 2.75) is 39.2 Å². The second kappa shape index (κ2) is 8.41. The SMILES string of the molecule is CCOC(=O)[C@H](CNC(=O)OC(C)(C)C)c1cccc(OC)c1. The quantitative estimate of drug-likeness (QED) is 0.815. The van der Waals surface area contributed by atoms with Crippen molar-refractivity contribution in [3.8, 4) is 5.75 Å². The number of alkyl carbamates (subject to hydrolysis) is 1. The van der Waals surface area contributed by atoms with Crippen molar-refractivity contribution in [1.82, 2.24) is 5.32 Å². The van der Waals surface area contributed by atoms with Crippen LogP contribution in [0.3, 0.4) is 0 Å². The largest absolute Gasteiger partial charge is 0.497 e. The Morgan fingerprint density at radius 1 is 1.26 bits per heavy atom. The van der Waals surface area contributed by atoms with Gasteiger partial charge in [-0.05, 0) is 45.4 Å². The summed E-state index contributed by atoms with van der Waals surface area (Å²) in [5.41, 5.74) is 0.110. The van der Waals surface area contributed by atoms with E-state index in [1.807, 2.05) is 0 Å². The number of methoxy groups -OCH3 is 1. The molecule has 1 amide bonds. The third-order valence-corrected chi connectivity index (χ3v) is 2.92. The molecule has 6 nitrogen and oxygen atoms in total. The van der Waals surface area contributed by atoms with Crippen LogP contribution in [-0.4, -0.2) is 37.9 Å². The molecule has 0 aliphatic heterocycles. The molecule has 0 saturated heterocycles. The molecular formula is C17H25NO5. The maximum absolute atomic E-state index is 12.2. The Morgan fingerprint density at radius 2 is 1.96 bits per heavy atom. The van der Waals surface area contributed by atoms with Crippen molar-refractivity contribution in [1.29, 1.82) is 0 Å². The van der Waals surface area contributed by atoms with Crippen LogP contribution in [0.5, 0.6) is 5.75 Å². The lowest BCUT2D eigenvalue weighted by atomic mass is 9.99. The maximum Gasteiger partial charge on any atom is 0.407 e. The van der Waals surface area contributed by atoms with E-state index in [1.54, 1.807) is 59.1 Å². The van der Waals surface area contributed by atoms with E-state index in [0.29, 0.717) is 11.3 Å². The lowest BCUT2D eigenvalue weighted by Gasteiger charge is -2.21. The fraction of sp³-hybridized carbons (Fsp3) is 0.529. The molecule has 1 aromatic carbocycles. The standard InChI is InChI=1S/C17H25NO5/c1-6-22-15(19)14(11-18-16(20)23-17(2,3)4)12-8-7-9-13(10-12)21-5/h7-10,14H,6,11H2,1-5H3,(H,18,20)/t14-/m1/s1. The Morgan fingerprint density at radius 3 is 2.52 bits per heavy atom. The molecule has 0 aromatic heterocycles. The fourth-order valence-electron chi connectivity index (χ4n) is 1.94. The van der Waals surface area contributed by atoms with Gasteiger partial charge in [-0.2, -0.15) is 0 Å². The molecule has 0 aliphatic rings. The summed E-state index contributed by atoms with van der Waals surface area (Å²) < 4.78 is 15.4. The van der Waals surface area contributed by atoms with E-state index in [9.17, 15) is 9.59 Å². The van der Waals surface area contributed by atoms with Gasteiger partial charge in [0.05, 0.1) is 19.6 Å². The van der Waals surface area contributed by atoms with Gasteiger partial charge < -0.3 is 19.5 Å². The number of amides is 1. The molecule has 0 radical (unpaired) electrons. The summed E-state index contributed by atoms with van der Waals surface area (Å²) in [5.74, 6) is -0.400. The van der Waals surface area contributed by atoms with Gasteiger partial charge in [-0.25, -0.2) is 4.79 Å². The molecule has 128 valence electrons. The van der Waals surface area contributed by atoms with Crippen LogP contribution in [-0.2, 0) is 14.3 Å². The van der Waals surface area contributed by atoms with Gasteiger partial charge in [0.2, 0.25) is 0 Å². The summed E-state index contributed by atoms with van der Waals surface area (Å²) in [6.07, 6.45) is -0.574. The zero-order chi connectivity index (χ0) is 17.5. The van der Waals surface area contributed by atoms with E-state index in [2.05, 4.69) is 5.32 Å². The summed E-state index contributed by atoms with van der Waals surface area (Å²) in [6.45, 7) is 7.42. The molecular weight excluding hydrogens is 298 g/mol. The topological polar surface area (TPSA) is 73.9 Å². The lowest BCUT2D eigenvalue weighted by Crippen LogP contribution is -2.36. The van der Waals surface area contributed by atoms with Crippen LogP contribution < -0.4 is 10.1 Å². The average molecular weight is 323 g/mol. The van der Waals surface area contributed by atoms with E-state index < -0.39 is 23.6 Å². The molecule has 0 unspecified atom stereocenters. The summed E-state index contributed by atoms with van der Waals surface area (Å²) >= 11 is 0. The highest BCUT2D eigenvalue weighted by Gasteiger charge is 2.24. The van der Waals surface area contributed by atoms with Gasteiger partial charge in [0, 0.05) is 6.54 Å². The Labute approximate surface area is 137 Å². The molecule has 0 saturated carbocycles. The molecule has 0 spiro atoms. The Hall–Kier alpha value is -2.24. The maximum atomic E-state index is 12.2. The van der Waals surface area contributed by atoms with Crippen molar-refractivity contribution in [2.24, 2.45) is 0 Å². The zero-order valence-electron chi connectivity index (χ0n) is 14.3. The predicted molar refractivity (Wildman–Crippen MR) is 86.6 cm³/mol. The average Bonchev–Trinajstić information content (AvgIpc) is 2.46. The Bertz CT molecular complexity index is 536. The van der Waals surface area contributed by atoms with Crippen molar-refractivity contribution in [3.05, 3.63) is 29.8 Å². The molecule has 6 heteroatoms. The summed E-state index contributed by atoms with van der Waals surface area (Å²) in [7, 11) is 1.55. The first-order valence-corrected chi connectivity index (χ1v) is 7.54. The normalized spacial score (nSPS) is 12.2. The van der Waals surface area contributed by atoms with Gasteiger partial charge in [-0.3, -0.25) is 4.79 Å². The first-order valence-electron chi connectivity index (χ1n) is 7.54. The summed E-state index contributed by atoms with van der Waals surface area (Å²) in [5, 5.41) is 2.61. The molecule has 0 bridgehead atoms. The monoisotopic (exact) mass is 323 g/mol. The summed E-state index contributed by atoms with van der Waals surface area (Å²) in [4.78, 5) is 24.0. The highest BCUT2D eigenvalue weighted by atomic mass is 16.6. The van der Waals surface area contributed by atoms with Crippen LogP contribution in [0.4, 0.5) is 4.79 Å². The predicted octanol–water partition coefficient (Wildman–Crippen LogP) is 2.87. The second-order valence-electron chi connectivity index (χ2n) is 5.96. The van der Waals surface area contributed by atoms with Crippen molar-refractivity contribution in [2.75, 3.05) is 20.3 Å². The van der Waals surface area contributed by atoms with Crippen LogP contribution >= 0.6 is 0 Å². The van der Waals surface area contributed by atoms with E-state index in [1.165, 1.54) is 0 Å². The zero-order valence-corrected chi connectivity index (χ0v) is 14.3. The van der Waals surface area contributed by atoms with Gasteiger partial charge in [0.25, 0.3) is 0 Å². The molecule has 23 heavy (non-hydrogen) atoms. The van der Waals surface area contributed by atoms with Crippen LogP contribution in [0.25, 0.3) is 0 Å². The highest BCUT2D eigenvalue weighted by Crippen LogP contribution is 2.22. The number of benzene rings is 1. The number of rotatable bonds is 6. The first kappa shape index (κ1) is 18.8.